The lowest BCUT2D eigenvalue weighted by Crippen LogP contribution is -2.37. The highest BCUT2D eigenvalue weighted by molar-refractivity contribution is 5.40. The van der Waals surface area contributed by atoms with E-state index in [2.05, 4.69) is 6.92 Å². The summed E-state index contributed by atoms with van der Waals surface area (Å²) in [5.41, 5.74) is 7.25. The minimum Gasteiger partial charge on any atom is -0.327 e. The van der Waals surface area contributed by atoms with Gasteiger partial charge in [0.15, 0.2) is 0 Å². The lowest BCUT2D eigenvalue weighted by atomic mass is 9.75. The molecule has 1 aliphatic carbocycles. The zero-order valence-corrected chi connectivity index (χ0v) is 11.4. The van der Waals surface area contributed by atoms with Crippen molar-refractivity contribution in [2.75, 3.05) is 0 Å². The SMILES string of the molecule is CCC1CCC(N)C(Cc2ccccc2[N+](=O)[O-])C1. The summed E-state index contributed by atoms with van der Waals surface area (Å²) in [6.07, 6.45) is 5.26. The number of nitrogens with zero attached hydrogens (tertiary/aromatic N) is 1. The number of hydrogen-bond acceptors (Lipinski definition) is 3. The zero-order chi connectivity index (χ0) is 13.8. The molecule has 1 fully saturated rings. The molecule has 0 aromatic heterocycles. The van der Waals surface area contributed by atoms with Crippen LogP contribution in [0, 0.1) is 22.0 Å². The van der Waals surface area contributed by atoms with E-state index in [-0.39, 0.29) is 16.7 Å². The van der Waals surface area contributed by atoms with E-state index in [1.807, 2.05) is 12.1 Å². The van der Waals surface area contributed by atoms with Crippen LogP contribution in [0.25, 0.3) is 0 Å². The Labute approximate surface area is 114 Å². The van der Waals surface area contributed by atoms with Crippen LogP contribution >= 0.6 is 0 Å². The van der Waals surface area contributed by atoms with Crippen LogP contribution in [0.2, 0.25) is 0 Å². The van der Waals surface area contributed by atoms with E-state index in [4.69, 9.17) is 5.73 Å². The fourth-order valence-corrected chi connectivity index (χ4v) is 3.13. The minimum absolute atomic E-state index is 0.183. The summed E-state index contributed by atoms with van der Waals surface area (Å²) in [4.78, 5) is 10.7. The number of benzene rings is 1. The van der Waals surface area contributed by atoms with Crippen molar-refractivity contribution in [1.29, 1.82) is 0 Å². The Kier molecular flexibility index (Phi) is 4.53. The number of hydrogen-bond donors (Lipinski definition) is 1. The van der Waals surface area contributed by atoms with Gasteiger partial charge in [-0.1, -0.05) is 31.5 Å². The van der Waals surface area contributed by atoms with E-state index in [0.29, 0.717) is 5.92 Å². The maximum absolute atomic E-state index is 11.0. The minimum atomic E-state index is -0.291. The van der Waals surface area contributed by atoms with Crippen LogP contribution in [-0.4, -0.2) is 11.0 Å². The predicted octanol–water partition coefficient (Wildman–Crippen LogP) is 3.29. The Morgan fingerprint density at radius 3 is 2.79 bits per heavy atom. The third-order valence-electron chi connectivity index (χ3n) is 4.40. The summed E-state index contributed by atoms with van der Waals surface area (Å²) in [7, 11) is 0. The van der Waals surface area contributed by atoms with Crippen LogP contribution in [0.15, 0.2) is 24.3 Å². The van der Waals surface area contributed by atoms with Crippen LogP contribution in [0.5, 0.6) is 0 Å². The highest BCUT2D eigenvalue weighted by Gasteiger charge is 2.29. The van der Waals surface area contributed by atoms with E-state index in [0.717, 1.165) is 30.7 Å². The lowest BCUT2D eigenvalue weighted by Gasteiger charge is -2.33. The van der Waals surface area contributed by atoms with Crippen molar-refractivity contribution in [3.63, 3.8) is 0 Å². The first kappa shape index (κ1) is 14.0. The molecule has 3 unspecified atom stereocenters. The molecule has 0 amide bonds. The number of nitrogens with two attached hydrogens (primary N) is 1. The van der Waals surface area contributed by atoms with Crippen LogP contribution < -0.4 is 5.73 Å². The fraction of sp³-hybridized carbons (Fsp3) is 0.600. The Hall–Kier alpha value is -1.42. The van der Waals surface area contributed by atoms with Crippen molar-refractivity contribution >= 4 is 5.69 Å². The summed E-state index contributed by atoms with van der Waals surface area (Å²) in [6, 6.07) is 7.22. The molecule has 3 atom stereocenters. The highest BCUT2D eigenvalue weighted by Crippen LogP contribution is 2.34. The molecule has 0 radical (unpaired) electrons. The smallest absolute Gasteiger partial charge is 0.272 e. The molecule has 0 aliphatic heterocycles. The van der Waals surface area contributed by atoms with Gasteiger partial charge in [0.1, 0.15) is 0 Å². The molecule has 2 N–H and O–H groups in total. The van der Waals surface area contributed by atoms with Gasteiger partial charge < -0.3 is 5.73 Å². The van der Waals surface area contributed by atoms with E-state index >= 15 is 0 Å². The second-order valence-electron chi connectivity index (χ2n) is 5.60. The van der Waals surface area contributed by atoms with E-state index in [1.165, 1.54) is 12.8 Å². The van der Waals surface area contributed by atoms with Crippen molar-refractivity contribution in [2.45, 2.75) is 45.1 Å². The molecule has 1 aliphatic rings. The second-order valence-corrected chi connectivity index (χ2v) is 5.60. The molecule has 1 aromatic rings. The van der Waals surface area contributed by atoms with Gasteiger partial charge in [0.25, 0.3) is 5.69 Å². The third-order valence-corrected chi connectivity index (χ3v) is 4.40. The number of rotatable bonds is 4. The van der Waals surface area contributed by atoms with Gasteiger partial charge in [-0.15, -0.1) is 0 Å². The van der Waals surface area contributed by atoms with Gasteiger partial charge >= 0.3 is 0 Å². The molecule has 1 saturated carbocycles. The largest absolute Gasteiger partial charge is 0.327 e. The predicted molar refractivity (Wildman–Crippen MR) is 75.9 cm³/mol. The van der Waals surface area contributed by atoms with Gasteiger partial charge in [-0.3, -0.25) is 10.1 Å². The van der Waals surface area contributed by atoms with Crippen LogP contribution in [0.1, 0.15) is 38.2 Å². The van der Waals surface area contributed by atoms with Crippen LogP contribution in [0.3, 0.4) is 0 Å². The van der Waals surface area contributed by atoms with Crippen molar-refractivity contribution < 1.29 is 4.92 Å². The normalized spacial score (nSPS) is 27.2. The highest BCUT2D eigenvalue weighted by atomic mass is 16.6. The molecule has 19 heavy (non-hydrogen) atoms. The van der Waals surface area contributed by atoms with Crippen molar-refractivity contribution in [1.82, 2.24) is 0 Å². The van der Waals surface area contributed by atoms with Crippen LogP contribution in [-0.2, 0) is 6.42 Å². The van der Waals surface area contributed by atoms with E-state index < -0.39 is 0 Å². The van der Waals surface area contributed by atoms with Gasteiger partial charge in [-0.25, -0.2) is 0 Å². The lowest BCUT2D eigenvalue weighted by molar-refractivity contribution is -0.385. The van der Waals surface area contributed by atoms with Crippen LogP contribution in [0.4, 0.5) is 5.69 Å². The molecule has 0 spiro atoms. The van der Waals surface area contributed by atoms with Gasteiger partial charge in [0.05, 0.1) is 4.92 Å². The van der Waals surface area contributed by atoms with E-state index in [9.17, 15) is 10.1 Å². The Morgan fingerprint density at radius 1 is 1.37 bits per heavy atom. The number of nitro benzene ring substituents is 1. The van der Waals surface area contributed by atoms with Gasteiger partial charge in [-0.05, 0) is 37.5 Å². The van der Waals surface area contributed by atoms with Crippen molar-refractivity contribution in [3.05, 3.63) is 39.9 Å². The summed E-state index contributed by atoms with van der Waals surface area (Å²) in [5.74, 6) is 1.10. The topological polar surface area (TPSA) is 69.2 Å². The maximum atomic E-state index is 11.0. The Balaban J connectivity index is 2.13. The molecule has 0 heterocycles. The van der Waals surface area contributed by atoms with Crippen molar-refractivity contribution in [3.8, 4) is 0 Å². The first-order chi connectivity index (χ1) is 9.11. The summed E-state index contributed by atoms with van der Waals surface area (Å²) >= 11 is 0. The average molecular weight is 262 g/mol. The molecular weight excluding hydrogens is 240 g/mol. The quantitative estimate of drug-likeness (QED) is 0.668. The molecule has 2 rings (SSSR count). The molecule has 0 saturated heterocycles. The third kappa shape index (κ3) is 3.32. The number of para-hydroxylation sites is 1. The molecule has 4 heteroatoms. The summed E-state index contributed by atoms with van der Waals surface area (Å²) < 4.78 is 0. The number of nitro groups is 1. The van der Waals surface area contributed by atoms with Gasteiger partial charge in [0, 0.05) is 17.7 Å². The molecule has 1 aromatic carbocycles. The molecule has 4 nitrogen and oxygen atoms in total. The summed E-state index contributed by atoms with van der Waals surface area (Å²) in [6.45, 7) is 2.21. The first-order valence-electron chi connectivity index (χ1n) is 7.09. The standard InChI is InChI=1S/C15H22N2O2/c1-2-11-7-8-14(16)13(9-11)10-12-5-3-4-6-15(12)17(18)19/h3-6,11,13-14H,2,7-10,16H2,1H3. The molecule has 0 bridgehead atoms. The summed E-state index contributed by atoms with van der Waals surface area (Å²) in [5, 5.41) is 11.0. The second kappa shape index (κ2) is 6.15. The molecule has 104 valence electrons. The first-order valence-corrected chi connectivity index (χ1v) is 7.09. The average Bonchev–Trinajstić information content (AvgIpc) is 2.41. The maximum Gasteiger partial charge on any atom is 0.272 e. The Bertz CT molecular complexity index is 448. The van der Waals surface area contributed by atoms with E-state index in [1.54, 1.807) is 12.1 Å². The Morgan fingerprint density at radius 2 is 2.11 bits per heavy atom. The monoisotopic (exact) mass is 262 g/mol. The van der Waals surface area contributed by atoms with Crippen molar-refractivity contribution in [2.24, 2.45) is 17.6 Å². The molecular formula is C15H22N2O2. The zero-order valence-electron chi connectivity index (χ0n) is 11.4. The fourth-order valence-electron chi connectivity index (χ4n) is 3.13. The van der Waals surface area contributed by atoms with Gasteiger partial charge in [-0.2, -0.15) is 0 Å². The van der Waals surface area contributed by atoms with Gasteiger partial charge in [0.2, 0.25) is 0 Å².